The Bertz CT molecular complexity index is 559. The molecular formula is C9H5F3N2O. The van der Waals surface area contributed by atoms with Crippen LogP contribution in [0.15, 0.2) is 35.5 Å². The van der Waals surface area contributed by atoms with Crippen molar-refractivity contribution in [3.8, 4) is 0 Å². The van der Waals surface area contributed by atoms with Crippen LogP contribution in [0.5, 0.6) is 0 Å². The second kappa shape index (κ2) is 3.08. The van der Waals surface area contributed by atoms with Crippen LogP contribution < -0.4 is 5.56 Å². The number of aromatic nitrogens is 2. The maximum atomic E-state index is 12.3. The quantitative estimate of drug-likeness (QED) is 0.669. The standard InChI is InChI=1S/C9H5F3N2O/c10-9(11,12)6-1-2-14-5-13-8(15)4-7(14)3-6/h1-5H. The van der Waals surface area contributed by atoms with Crippen molar-refractivity contribution in [1.82, 2.24) is 9.38 Å². The summed E-state index contributed by atoms with van der Waals surface area (Å²) in [6, 6.07) is 2.89. The van der Waals surface area contributed by atoms with Crippen LogP contribution >= 0.6 is 0 Å². The SMILES string of the molecule is O=c1cc2cc(C(F)(F)F)ccn2cn1. The number of rotatable bonds is 0. The molecule has 0 unspecified atom stereocenters. The van der Waals surface area contributed by atoms with Crippen molar-refractivity contribution in [2.45, 2.75) is 6.18 Å². The fourth-order valence-corrected chi connectivity index (χ4v) is 1.21. The van der Waals surface area contributed by atoms with Gasteiger partial charge in [0.2, 0.25) is 0 Å². The summed E-state index contributed by atoms with van der Waals surface area (Å²) in [5, 5.41) is 0. The summed E-state index contributed by atoms with van der Waals surface area (Å²) in [6.45, 7) is 0. The highest BCUT2D eigenvalue weighted by Gasteiger charge is 2.30. The first-order valence-electron chi connectivity index (χ1n) is 4.02. The second-order valence-electron chi connectivity index (χ2n) is 2.97. The molecule has 0 atom stereocenters. The Kier molecular flexibility index (Phi) is 1.99. The van der Waals surface area contributed by atoms with Crippen LogP contribution in [0.2, 0.25) is 0 Å². The molecule has 6 heteroatoms. The van der Waals surface area contributed by atoms with Gasteiger partial charge in [0.15, 0.2) is 0 Å². The van der Waals surface area contributed by atoms with E-state index < -0.39 is 17.3 Å². The first-order valence-corrected chi connectivity index (χ1v) is 4.02. The topological polar surface area (TPSA) is 34.4 Å². The third-order valence-electron chi connectivity index (χ3n) is 1.92. The first kappa shape index (κ1) is 9.70. The number of hydrogen-bond acceptors (Lipinski definition) is 2. The number of alkyl halides is 3. The lowest BCUT2D eigenvalue weighted by Crippen LogP contribution is -2.09. The van der Waals surface area contributed by atoms with E-state index in [4.69, 9.17) is 0 Å². The minimum atomic E-state index is -4.40. The van der Waals surface area contributed by atoms with Crippen molar-refractivity contribution in [2.24, 2.45) is 0 Å². The van der Waals surface area contributed by atoms with Crippen LogP contribution in [0, 0.1) is 0 Å². The van der Waals surface area contributed by atoms with Gasteiger partial charge in [-0.15, -0.1) is 0 Å². The highest BCUT2D eigenvalue weighted by Crippen LogP contribution is 2.29. The molecule has 0 saturated heterocycles. The number of fused-ring (bicyclic) bond motifs is 1. The van der Waals surface area contributed by atoms with Gasteiger partial charge >= 0.3 is 6.18 Å². The largest absolute Gasteiger partial charge is 0.416 e. The summed E-state index contributed by atoms with van der Waals surface area (Å²) in [6.07, 6.45) is -2.01. The van der Waals surface area contributed by atoms with E-state index in [-0.39, 0.29) is 5.52 Å². The predicted octanol–water partition coefficient (Wildman–Crippen LogP) is 1.71. The van der Waals surface area contributed by atoms with Crippen LogP contribution in [-0.2, 0) is 6.18 Å². The summed E-state index contributed by atoms with van der Waals surface area (Å²) >= 11 is 0. The Morgan fingerprint density at radius 1 is 1.27 bits per heavy atom. The zero-order valence-corrected chi connectivity index (χ0v) is 7.32. The zero-order chi connectivity index (χ0) is 11.1. The summed E-state index contributed by atoms with van der Waals surface area (Å²) in [7, 11) is 0. The van der Waals surface area contributed by atoms with Crippen molar-refractivity contribution in [1.29, 1.82) is 0 Å². The Labute approximate surface area is 81.8 Å². The summed E-state index contributed by atoms with van der Waals surface area (Å²) in [5.41, 5.74) is -1.17. The minimum absolute atomic E-state index is 0.171. The highest BCUT2D eigenvalue weighted by atomic mass is 19.4. The summed E-state index contributed by atoms with van der Waals surface area (Å²) < 4.78 is 38.3. The van der Waals surface area contributed by atoms with E-state index in [1.54, 1.807) is 0 Å². The molecule has 2 heterocycles. The van der Waals surface area contributed by atoms with Crippen LogP contribution in [-0.4, -0.2) is 9.38 Å². The van der Waals surface area contributed by atoms with E-state index in [2.05, 4.69) is 4.98 Å². The Hall–Kier alpha value is -1.85. The van der Waals surface area contributed by atoms with Gasteiger partial charge in [0.05, 0.1) is 11.1 Å². The minimum Gasteiger partial charge on any atom is -0.308 e. The molecule has 15 heavy (non-hydrogen) atoms. The summed E-state index contributed by atoms with van der Waals surface area (Å²) in [5.74, 6) is 0. The van der Waals surface area contributed by atoms with Gasteiger partial charge in [0, 0.05) is 12.3 Å². The molecule has 0 aliphatic heterocycles. The molecule has 0 bridgehead atoms. The molecule has 0 radical (unpaired) electrons. The van der Waals surface area contributed by atoms with E-state index in [0.29, 0.717) is 0 Å². The molecule has 0 aliphatic rings. The van der Waals surface area contributed by atoms with E-state index >= 15 is 0 Å². The van der Waals surface area contributed by atoms with E-state index in [0.717, 1.165) is 18.2 Å². The number of hydrogen-bond donors (Lipinski definition) is 0. The average molecular weight is 214 g/mol. The second-order valence-corrected chi connectivity index (χ2v) is 2.97. The molecule has 0 fully saturated rings. The van der Waals surface area contributed by atoms with Gasteiger partial charge < -0.3 is 4.40 Å². The Morgan fingerprint density at radius 2 is 2.00 bits per heavy atom. The monoisotopic (exact) mass is 214 g/mol. The number of nitrogens with zero attached hydrogens (tertiary/aromatic N) is 2. The molecule has 2 aromatic rings. The normalized spacial score (nSPS) is 11.9. The van der Waals surface area contributed by atoms with Gasteiger partial charge in [-0.1, -0.05) is 0 Å². The number of pyridine rings is 1. The van der Waals surface area contributed by atoms with Crippen molar-refractivity contribution in [3.63, 3.8) is 0 Å². The predicted molar refractivity (Wildman–Crippen MR) is 46.5 cm³/mol. The van der Waals surface area contributed by atoms with Gasteiger partial charge in [0.1, 0.15) is 6.33 Å². The molecule has 0 spiro atoms. The average Bonchev–Trinajstić information content (AvgIpc) is 2.15. The third-order valence-corrected chi connectivity index (χ3v) is 1.92. The zero-order valence-electron chi connectivity index (χ0n) is 7.32. The fraction of sp³-hybridized carbons (Fsp3) is 0.111. The maximum absolute atomic E-state index is 12.3. The van der Waals surface area contributed by atoms with Gasteiger partial charge in [-0.3, -0.25) is 4.79 Å². The maximum Gasteiger partial charge on any atom is 0.416 e. The molecule has 0 N–H and O–H groups in total. The van der Waals surface area contributed by atoms with E-state index in [1.807, 2.05) is 0 Å². The van der Waals surface area contributed by atoms with Crippen LogP contribution in [0.3, 0.4) is 0 Å². The van der Waals surface area contributed by atoms with Gasteiger partial charge in [0.25, 0.3) is 5.56 Å². The van der Waals surface area contributed by atoms with Crippen molar-refractivity contribution in [2.75, 3.05) is 0 Å². The molecule has 78 valence electrons. The molecule has 2 aromatic heterocycles. The molecule has 0 amide bonds. The fourth-order valence-electron chi connectivity index (χ4n) is 1.21. The van der Waals surface area contributed by atoms with Gasteiger partial charge in [-0.2, -0.15) is 18.2 Å². The summed E-state index contributed by atoms with van der Waals surface area (Å²) in [4.78, 5) is 14.3. The lowest BCUT2D eigenvalue weighted by Gasteiger charge is -2.07. The molecule has 0 saturated carbocycles. The van der Waals surface area contributed by atoms with E-state index in [9.17, 15) is 18.0 Å². The van der Waals surface area contributed by atoms with Crippen LogP contribution in [0.4, 0.5) is 13.2 Å². The molecule has 2 rings (SSSR count). The van der Waals surface area contributed by atoms with Crippen molar-refractivity contribution < 1.29 is 13.2 Å². The van der Waals surface area contributed by atoms with Gasteiger partial charge in [-0.25, -0.2) is 0 Å². The lowest BCUT2D eigenvalue weighted by molar-refractivity contribution is -0.137. The van der Waals surface area contributed by atoms with Crippen molar-refractivity contribution >= 4 is 5.52 Å². The molecule has 0 aliphatic carbocycles. The Morgan fingerprint density at radius 3 is 2.67 bits per heavy atom. The van der Waals surface area contributed by atoms with Crippen LogP contribution in [0.25, 0.3) is 5.52 Å². The molecule has 3 nitrogen and oxygen atoms in total. The van der Waals surface area contributed by atoms with Gasteiger partial charge in [-0.05, 0) is 12.1 Å². The number of halogens is 3. The molecular weight excluding hydrogens is 209 g/mol. The third kappa shape index (κ3) is 1.83. The van der Waals surface area contributed by atoms with Crippen molar-refractivity contribution in [3.05, 3.63) is 46.6 Å². The highest BCUT2D eigenvalue weighted by molar-refractivity contribution is 5.48. The Balaban J connectivity index is 2.70. The smallest absolute Gasteiger partial charge is 0.308 e. The lowest BCUT2D eigenvalue weighted by atomic mass is 10.2. The first-order chi connectivity index (χ1) is 6.97. The molecule has 0 aromatic carbocycles. The van der Waals surface area contributed by atoms with E-state index in [1.165, 1.54) is 16.9 Å². The van der Waals surface area contributed by atoms with Crippen LogP contribution in [0.1, 0.15) is 5.56 Å².